The first-order valence-corrected chi connectivity index (χ1v) is 8.78. The summed E-state index contributed by atoms with van der Waals surface area (Å²) in [6.45, 7) is 0. The van der Waals surface area contributed by atoms with Crippen LogP contribution in [0.5, 0.6) is 0 Å². The second kappa shape index (κ2) is 6.99. The molecule has 0 saturated heterocycles. The maximum absolute atomic E-state index is 4.63. The quantitative estimate of drug-likeness (QED) is 0.639. The van der Waals surface area contributed by atoms with Crippen molar-refractivity contribution in [1.29, 1.82) is 0 Å². The van der Waals surface area contributed by atoms with Crippen LogP contribution >= 0.6 is 25.3 Å². The fourth-order valence-electron chi connectivity index (χ4n) is 2.92. The van der Waals surface area contributed by atoms with Crippen LogP contribution in [0, 0.1) is 0 Å². The molecule has 1 aliphatic carbocycles. The molecule has 6 heteroatoms. The third-order valence-corrected chi connectivity index (χ3v) is 5.01. The summed E-state index contributed by atoms with van der Waals surface area (Å²) in [6, 6.07) is 6.92. The average Bonchev–Trinajstić information content (AvgIpc) is 2.72. The molecule has 2 N–H and O–H groups in total. The molecule has 1 heterocycles. The Balaban J connectivity index is 1.81. The highest BCUT2D eigenvalue weighted by molar-refractivity contribution is 9.10. The molecule has 3 atom stereocenters. The van der Waals surface area contributed by atoms with Gasteiger partial charge in [-0.3, -0.25) is 5.09 Å². The number of rotatable bonds is 3. The van der Waals surface area contributed by atoms with E-state index in [9.17, 15) is 0 Å². The van der Waals surface area contributed by atoms with E-state index in [2.05, 4.69) is 45.7 Å². The Morgan fingerprint density at radius 2 is 1.95 bits per heavy atom. The summed E-state index contributed by atoms with van der Waals surface area (Å²) in [7, 11) is 2.65. The maximum Gasteiger partial charge on any atom is 0.223 e. The van der Waals surface area contributed by atoms with E-state index in [1.165, 1.54) is 25.7 Å². The van der Waals surface area contributed by atoms with E-state index in [0.29, 0.717) is 12.1 Å². The van der Waals surface area contributed by atoms with Gasteiger partial charge < -0.3 is 5.32 Å². The number of aromatic nitrogens is 2. The van der Waals surface area contributed by atoms with E-state index in [1.807, 2.05) is 24.4 Å². The molecule has 0 bridgehead atoms. The second-order valence-corrected chi connectivity index (χ2v) is 6.81. The van der Waals surface area contributed by atoms with Crippen LogP contribution in [0.4, 0.5) is 5.95 Å². The third kappa shape index (κ3) is 3.71. The fourth-order valence-corrected chi connectivity index (χ4v) is 3.70. The van der Waals surface area contributed by atoms with Crippen LogP contribution in [0.1, 0.15) is 32.1 Å². The van der Waals surface area contributed by atoms with E-state index < -0.39 is 0 Å². The molecule has 21 heavy (non-hydrogen) atoms. The number of nitrogens with one attached hydrogen (secondary N) is 2. The minimum Gasteiger partial charge on any atom is -0.350 e. The molecule has 0 aliphatic heterocycles. The third-order valence-electron chi connectivity index (χ3n) is 4.09. The van der Waals surface area contributed by atoms with Crippen molar-refractivity contribution in [2.75, 3.05) is 5.32 Å². The first kappa shape index (κ1) is 15.1. The first-order chi connectivity index (χ1) is 10.3. The molecule has 1 aromatic carbocycles. The van der Waals surface area contributed by atoms with Gasteiger partial charge in [-0.15, -0.1) is 0 Å². The predicted molar refractivity (Wildman–Crippen MR) is 94.4 cm³/mol. The number of hydrogen-bond acceptors (Lipinski definition) is 4. The van der Waals surface area contributed by atoms with Crippen molar-refractivity contribution in [2.45, 2.75) is 44.2 Å². The lowest BCUT2D eigenvalue weighted by Gasteiger charge is -2.25. The molecular weight excluding hydrogens is 347 g/mol. The lowest BCUT2D eigenvalue weighted by Crippen LogP contribution is -2.39. The van der Waals surface area contributed by atoms with E-state index in [-0.39, 0.29) is 0 Å². The van der Waals surface area contributed by atoms with Crippen molar-refractivity contribution in [3.63, 3.8) is 0 Å². The van der Waals surface area contributed by atoms with Crippen molar-refractivity contribution in [3.8, 4) is 0 Å². The van der Waals surface area contributed by atoms with Gasteiger partial charge in [0.2, 0.25) is 5.95 Å². The molecule has 1 fully saturated rings. The number of anilines is 1. The van der Waals surface area contributed by atoms with Gasteiger partial charge in [0.15, 0.2) is 0 Å². The topological polar surface area (TPSA) is 49.8 Å². The minimum absolute atomic E-state index is 0.387. The lowest BCUT2D eigenvalue weighted by atomic mass is 10.0. The van der Waals surface area contributed by atoms with E-state index in [1.54, 1.807) is 0 Å². The Morgan fingerprint density at radius 1 is 1.14 bits per heavy atom. The summed E-state index contributed by atoms with van der Waals surface area (Å²) >= 11 is 3.47. The Labute approximate surface area is 135 Å². The molecule has 112 valence electrons. The molecule has 1 aliphatic rings. The number of hydrogen-bond donors (Lipinski definition) is 2. The number of halogens is 1. The van der Waals surface area contributed by atoms with E-state index >= 15 is 0 Å². The normalized spacial score (nSPS) is 23.0. The highest BCUT2D eigenvalue weighted by Crippen LogP contribution is 2.23. The van der Waals surface area contributed by atoms with E-state index in [0.717, 1.165) is 27.7 Å². The molecule has 0 spiro atoms. The van der Waals surface area contributed by atoms with Gasteiger partial charge in [0.25, 0.3) is 0 Å². The van der Waals surface area contributed by atoms with E-state index in [4.69, 9.17) is 0 Å². The minimum atomic E-state index is 0.387. The van der Waals surface area contributed by atoms with Crippen LogP contribution in [-0.2, 0) is 0 Å². The van der Waals surface area contributed by atoms with Crippen LogP contribution in [0.3, 0.4) is 0 Å². The summed E-state index contributed by atoms with van der Waals surface area (Å²) in [5.41, 5.74) is 0.972. The van der Waals surface area contributed by atoms with Gasteiger partial charge in [-0.1, -0.05) is 44.6 Å². The molecule has 4 nitrogen and oxygen atoms in total. The van der Waals surface area contributed by atoms with Crippen molar-refractivity contribution in [3.05, 3.63) is 28.9 Å². The van der Waals surface area contributed by atoms with Crippen molar-refractivity contribution in [2.24, 2.45) is 0 Å². The number of fused-ring (bicyclic) bond motifs is 1. The van der Waals surface area contributed by atoms with Crippen LogP contribution in [-0.4, -0.2) is 22.1 Å². The molecular formula is C15H20BrN4P. The maximum atomic E-state index is 4.63. The summed E-state index contributed by atoms with van der Waals surface area (Å²) in [5, 5.41) is 7.92. The number of nitrogens with zero attached hydrogens (tertiary/aromatic N) is 2. The zero-order chi connectivity index (χ0) is 14.7. The van der Waals surface area contributed by atoms with Crippen molar-refractivity contribution < 1.29 is 0 Å². The highest BCUT2D eigenvalue weighted by Gasteiger charge is 2.22. The lowest BCUT2D eigenvalue weighted by molar-refractivity contribution is 0.499. The largest absolute Gasteiger partial charge is 0.350 e. The Bertz CT molecular complexity index is 622. The fraction of sp³-hybridized carbons (Fsp3) is 0.467. The van der Waals surface area contributed by atoms with Crippen LogP contribution in [0.15, 0.2) is 28.9 Å². The van der Waals surface area contributed by atoms with Gasteiger partial charge in [-0.05, 0) is 31.0 Å². The Hall–Kier alpha value is -0.770. The Kier molecular flexibility index (Phi) is 5.04. The van der Waals surface area contributed by atoms with Crippen LogP contribution < -0.4 is 10.4 Å². The zero-order valence-electron chi connectivity index (χ0n) is 11.8. The van der Waals surface area contributed by atoms with Gasteiger partial charge in [-0.25, -0.2) is 9.97 Å². The summed E-state index contributed by atoms with van der Waals surface area (Å²) in [6.07, 6.45) is 8.11. The van der Waals surface area contributed by atoms with Crippen molar-refractivity contribution >= 4 is 42.2 Å². The standard InChI is InChI=1S/C15H20BrN4P/c16-11-6-7-12-10(8-11)9-17-15(18-12)19-13-4-2-1-3-5-14(13)20-21/h6-9,13-14,20H,1-5,21H2,(H,17,18,19). The summed E-state index contributed by atoms with van der Waals surface area (Å²) < 4.78 is 1.05. The SMILES string of the molecule is PNC1CCCCCC1Nc1ncc2cc(Br)ccc2n1. The van der Waals surface area contributed by atoms with Gasteiger partial charge >= 0.3 is 0 Å². The second-order valence-electron chi connectivity index (χ2n) is 5.56. The molecule has 1 aromatic heterocycles. The number of benzene rings is 1. The Morgan fingerprint density at radius 3 is 2.76 bits per heavy atom. The van der Waals surface area contributed by atoms with Gasteiger partial charge in [0, 0.05) is 28.1 Å². The summed E-state index contributed by atoms with van der Waals surface area (Å²) in [5.74, 6) is 0.724. The average molecular weight is 367 g/mol. The highest BCUT2D eigenvalue weighted by atomic mass is 79.9. The molecule has 3 unspecified atom stereocenters. The van der Waals surface area contributed by atoms with Crippen LogP contribution in [0.2, 0.25) is 0 Å². The molecule has 3 rings (SSSR count). The van der Waals surface area contributed by atoms with Crippen LogP contribution in [0.25, 0.3) is 10.9 Å². The molecule has 0 amide bonds. The van der Waals surface area contributed by atoms with Gasteiger partial charge in [-0.2, -0.15) is 0 Å². The zero-order valence-corrected chi connectivity index (χ0v) is 14.6. The van der Waals surface area contributed by atoms with Gasteiger partial charge in [0.05, 0.1) is 5.52 Å². The molecule has 1 saturated carbocycles. The molecule has 0 radical (unpaired) electrons. The molecule has 2 aromatic rings. The predicted octanol–water partition coefficient (Wildman–Crippen LogP) is 3.89. The van der Waals surface area contributed by atoms with Crippen molar-refractivity contribution in [1.82, 2.24) is 15.1 Å². The summed E-state index contributed by atoms with van der Waals surface area (Å²) in [4.78, 5) is 9.10. The monoisotopic (exact) mass is 366 g/mol. The smallest absolute Gasteiger partial charge is 0.223 e. The first-order valence-electron chi connectivity index (χ1n) is 7.41. The van der Waals surface area contributed by atoms with Gasteiger partial charge in [0.1, 0.15) is 0 Å².